The molecule has 3 aliphatic rings. The van der Waals surface area contributed by atoms with Crippen molar-refractivity contribution >= 4 is 23.1 Å². The number of aryl methyl sites for hydroxylation is 6. The molecule has 66 heavy (non-hydrogen) atoms. The normalized spacial score (nSPS) is 20.7. The molecule has 0 fully saturated rings. The molecule has 6 heteroatoms. The Morgan fingerprint density at radius 1 is 0.712 bits per heavy atom. The van der Waals surface area contributed by atoms with E-state index in [1.807, 2.05) is 19.2 Å². The Bertz CT molecular complexity index is 3080. The minimum Gasteiger partial charge on any atom is -0.508 e. The third kappa shape index (κ3) is 7.76. The molecule has 3 heterocycles. The van der Waals surface area contributed by atoms with Crippen LogP contribution in [0.2, 0.25) is 0 Å². The molecular formula is C60H67N3O2Pt. The number of hydrogen-bond acceptors (Lipinski definition) is 5. The van der Waals surface area contributed by atoms with Crippen LogP contribution in [0.4, 0.5) is 17.2 Å². The number of ether oxygens (including phenoxy) is 2. The summed E-state index contributed by atoms with van der Waals surface area (Å²) in [7, 11) is 0. The van der Waals surface area contributed by atoms with Crippen molar-refractivity contribution in [3.8, 4) is 22.6 Å². The van der Waals surface area contributed by atoms with Crippen molar-refractivity contribution < 1.29 is 33.3 Å². The van der Waals surface area contributed by atoms with Crippen LogP contribution in [0.1, 0.15) is 156 Å². The number of rotatable bonds is 5. The fourth-order valence-corrected chi connectivity index (χ4v) is 11.2. The van der Waals surface area contributed by atoms with Gasteiger partial charge in [0.05, 0.1) is 5.54 Å². The fourth-order valence-electron chi connectivity index (χ4n) is 11.2. The quantitative estimate of drug-likeness (QED) is 0.161. The van der Waals surface area contributed by atoms with E-state index in [-0.39, 0.29) is 43.7 Å². The first kappa shape index (κ1) is 44.8. The van der Waals surface area contributed by atoms with Crippen LogP contribution in [0, 0.1) is 60.6 Å². The Morgan fingerprint density at radius 2 is 1.38 bits per heavy atom. The van der Waals surface area contributed by atoms with E-state index in [1.165, 1.54) is 22.3 Å². The maximum Gasteiger partial charge on any atom is 2.00 e. The van der Waals surface area contributed by atoms with Crippen LogP contribution in [0.3, 0.4) is 0 Å². The molecule has 2 aliphatic heterocycles. The Morgan fingerprint density at radius 3 is 2.05 bits per heavy atom. The van der Waals surface area contributed by atoms with Crippen molar-refractivity contribution in [1.82, 2.24) is 4.98 Å². The van der Waals surface area contributed by atoms with Gasteiger partial charge in [-0.1, -0.05) is 127 Å². The minimum atomic E-state index is -1.63. The molecule has 0 N–H and O–H groups in total. The standard InChI is InChI=1S/C60H67N3O2.Pt/c1-34-22-37(4)52(38(5)23-34)41-28-42(55-62-59(16)21-20-47-40(7)53(57(11,12)13)39(6)27-48(47)60(59,17)65-55)30-46(29-41)64-45-25-35(2)24-44(32-45)63-51-19-18-43(56(8,9)10)31-49(51)58(14,15)50-26-36(3)33-61-54(50)63;/h18-19,22-29,31,33H,20-21H2,1-17H3;/q-2;+2/t59-,60+;/m1./s1/i20D2;. The molecule has 0 saturated carbocycles. The molecule has 5 nitrogen and oxygen atoms in total. The van der Waals surface area contributed by atoms with Crippen molar-refractivity contribution in [3.05, 3.63) is 163 Å². The van der Waals surface area contributed by atoms with Crippen molar-refractivity contribution in [2.45, 2.75) is 158 Å². The zero-order chi connectivity index (χ0) is 48.7. The molecule has 0 saturated heterocycles. The average Bonchev–Trinajstić information content (AvgIpc) is 3.46. The molecule has 344 valence electrons. The van der Waals surface area contributed by atoms with Crippen molar-refractivity contribution in [2.24, 2.45) is 4.99 Å². The van der Waals surface area contributed by atoms with Gasteiger partial charge in [0, 0.05) is 42.7 Å². The SMILES string of the molecule is [2H]C1([2H])C[C@@]2(C)N=C(c3[c-]c(Oc4[c-]c(N5c6ccc(C(C)(C)C)cc6C(C)(C)c6cc(C)cnc65)cc(C)c4)cc(-c4c(C)cc(C)cc4C)c3)O[C@@]2(C)c2cc(C)c(C(C)(C)C)c(C)c21.[Pt+2]. The summed E-state index contributed by atoms with van der Waals surface area (Å²) in [6.45, 7) is 37.0. The van der Waals surface area contributed by atoms with Crippen molar-refractivity contribution in [2.75, 3.05) is 4.90 Å². The van der Waals surface area contributed by atoms with Gasteiger partial charge in [-0.25, -0.2) is 4.98 Å². The van der Waals surface area contributed by atoms with Crippen molar-refractivity contribution in [1.29, 1.82) is 0 Å². The molecule has 1 aliphatic carbocycles. The van der Waals surface area contributed by atoms with E-state index < -0.39 is 17.5 Å². The molecular weight excluding hydrogens is 990 g/mol. The zero-order valence-corrected chi connectivity index (χ0v) is 44.4. The van der Waals surface area contributed by atoms with Crippen LogP contribution in [-0.4, -0.2) is 16.4 Å². The fraction of sp³-hybridized carbons (Fsp3) is 0.400. The largest absolute Gasteiger partial charge is 2.00 e. The van der Waals surface area contributed by atoms with E-state index in [2.05, 4.69) is 188 Å². The molecule has 0 spiro atoms. The van der Waals surface area contributed by atoms with Gasteiger partial charge in [-0.15, -0.1) is 24.3 Å². The summed E-state index contributed by atoms with van der Waals surface area (Å²) >= 11 is 0. The van der Waals surface area contributed by atoms with E-state index in [1.54, 1.807) is 0 Å². The number of aliphatic imine (C=N–C) groups is 1. The maximum absolute atomic E-state index is 9.58. The summed E-state index contributed by atoms with van der Waals surface area (Å²) < 4.78 is 33.3. The molecule has 5 aromatic carbocycles. The zero-order valence-electron chi connectivity index (χ0n) is 44.1. The van der Waals surface area contributed by atoms with E-state index in [0.29, 0.717) is 23.0 Å². The van der Waals surface area contributed by atoms with Gasteiger partial charge in [0.15, 0.2) is 0 Å². The minimum absolute atomic E-state index is 0. The summed E-state index contributed by atoms with van der Waals surface area (Å²) in [6.07, 6.45) is 0.489. The van der Waals surface area contributed by atoms with Gasteiger partial charge in [0.2, 0.25) is 0 Å². The second-order valence-corrected chi connectivity index (χ2v) is 22.3. The van der Waals surface area contributed by atoms with Gasteiger partial charge in [0.25, 0.3) is 0 Å². The molecule has 0 unspecified atom stereocenters. The topological polar surface area (TPSA) is 47.0 Å². The van der Waals surface area contributed by atoms with Crippen LogP contribution < -0.4 is 9.64 Å². The van der Waals surface area contributed by atoms with Gasteiger partial charge in [-0.2, -0.15) is 5.56 Å². The van der Waals surface area contributed by atoms with Crippen LogP contribution in [0.5, 0.6) is 11.5 Å². The second kappa shape index (κ2) is 16.1. The summed E-state index contributed by atoms with van der Waals surface area (Å²) in [5.74, 6) is 2.35. The van der Waals surface area contributed by atoms with E-state index >= 15 is 0 Å². The number of hydrogen-bond donors (Lipinski definition) is 0. The molecule has 1 aromatic heterocycles. The monoisotopic (exact) mass is 1060 g/mol. The molecule has 2 atom stereocenters. The predicted octanol–water partition coefficient (Wildman–Crippen LogP) is 15.4. The number of benzene rings is 5. The average molecular weight is 1060 g/mol. The Kier molecular flexibility index (Phi) is 10.9. The van der Waals surface area contributed by atoms with E-state index in [4.69, 9.17) is 19.5 Å². The molecule has 9 rings (SSSR count). The molecule has 0 amide bonds. The van der Waals surface area contributed by atoms with Crippen LogP contribution in [0.15, 0.2) is 77.9 Å². The smallest absolute Gasteiger partial charge is 0.508 e. The summed E-state index contributed by atoms with van der Waals surface area (Å²) in [4.78, 5) is 12.7. The number of fused-ring (bicyclic) bond motifs is 5. The van der Waals surface area contributed by atoms with Crippen LogP contribution in [0.25, 0.3) is 11.1 Å². The summed E-state index contributed by atoms with van der Waals surface area (Å²) in [5, 5.41) is 0. The first-order valence-corrected chi connectivity index (χ1v) is 23.3. The van der Waals surface area contributed by atoms with E-state index in [9.17, 15) is 2.74 Å². The Hall–Kier alpha value is -4.99. The summed E-state index contributed by atoms with van der Waals surface area (Å²) in [6, 6.07) is 31.3. The second-order valence-electron chi connectivity index (χ2n) is 22.3. The van der Waals surface area contributed by atoms with E-state index in [0.717, 1.165) is 78.4 Å². The molecule has 6 aromatic rings. The van der Waals surface area contributed by atoms with Gasteiger partial charge in [-0.05, 0) is 147 Å². The van der Waals surface area contributed by atoms with Gasteiger partial charge < -0.3 is 14.4 Å². The Labute approximate surface area is 412 Å². The summed E-state index contributed by atoms with van der Waals surface area (Å²) in [5.41, 5.74) is 16.5. The van der Waals surface area contributed by atoms with Gasteiger partial charge in [-0.3, -0.25) is 4.99 Å². The van der Waals surface area contributed by atoms with Crippen molar-refractivity contribution in [3.63, 3.8) is 0 Å². The number of anilines is 3. The number of pyridine rings is 1. The van der Waals surface area contributed by atoms with Crippen LogP contribution in [-0.2, 0) is 54.0 Å². The first-order valence-electron chi connectivity index (χ1n) is 24.3. The number of aromatic nitrogens is 1. The Balaban J connectivity index is 0.00000625. The van der Waals surface area contributed by atoms with Gasteiger partial charge in [0.1, 0.15) is 17.3 Å². The molecule has 0 bridgehead atoms. The molecule has 0 radical (unpaired) electrons. The third-order valence-electron chi connectivity index (χ3n) is 14.5. The van der Waals surface area contributed by atoms with Gasteiger partial charge >= 0.3 is 21.1 Å². The third-order valence-corrected chi connectivity index (χ3v) is 14.5. The van der Waals surface area contributed by atoms with Crippen LogP contribution >= 0.6 is 0 Å². The first-order chi connectivity index (χ1) is 31.0. The number of nitrogens with zero attached hydrogens (tertiary/aromatic N) is 3. The maximum atomic E-state index is 9.58. The predicted molar refractivity (Wildman–Crippen MR) is 269 cm³/mol.